The van der Waals surface area contributed by atoms with Crippen molar-refractivity contribution >= 4 is 0 Å². The SMILES string of the molecule is C#CCCCN(CCO)C1CC1. The third-order valence-electron chi connectivity index (χ3n) is 2.22. The molecule has 2 heteroatoms. The summed E-state index contributed by atoms with van der Waals surface area (Å²) in [5.41, 5.74) is 0. The van der Waals surface area contributed by atoms with Gasteiger partial charge in [0.2, 0.25) is 0 Å². The van der Waals surface area contributed by atoms with Crippen LogP contribution in [-0.4, -0.2) is 35.7 Å². The van der Waals surface area contributed by atoms with Crippen molar-refractivity contribution in [3.05, 3.63) is 0 Å². The van der Waals surface area contributed by atoms with Gasteiger partial charge in [-0.3, -0.25) is 4.90 Å². The van der Waals surface area contributed by atoms with Gasteiger partial charge in [-0.2, -0.15) is 0 Å². The Morgan fingerprint density at radius 3 is 2.67 bits per heavy atom. The summed E-state index contributed by atoms with van der Waals surface area (Å²) in [6, 6.07) is 0.745. The van der Waals surface area contributed by atoms with Gasteiger partial charge in [0.15, 0.2) is 0 Å². The van der Waals surface area contributed by atoms with Gasteiger partial charge in [-0.15, -0.1) is 12.3 Å². The summed E-state index contributed by atoms with van der Waals surface area (Å²) in [6.07, 6.45) is 9.68. The first-order chi connectivity index (χ1) is 5.88. The highest BCUT2D eigenvalue weighted by molar-refractivity contribution is 4.87. The molecule has 1 aliphatic carbocycles. The van der Waals surface area contributed by atoms with Gasteiger partial charge in [0.1, 0.15) is 0 Å². The molecule has 0 heterocycles. The fourth-order valence-corrected chi connectivity index (χ4v) is 1.43. The molecule has 0 atom stereocenters. The zero-order chi connectivity index (χ0) is 8.81. The van der Waals surface area contributed by atoms with Crippen molar-refractivity contribution < 1.29 is 5.11 Å². The van der Waals surface area contributed by atoms with Gasteiger partial charge in [0, 0.05) is 19.0 Å². The minimum Gasteiger partial charge on any atom is -0.395 e. The predicted molar refractivity (Wildman–Crippen MR) is 49.7 cm³/mol. The third kappa shape index (κ3) is 3.25. The summed E-state index contributed by atoms with van der Waals surface area (Å²) in [5.74, 6) is 2.64. The summed E-state index contributed by atoms with van der Waals surface area (Å²) in [6.45, 7) is 2.14. The number of aliphatic hydroxyl groups excluding tert-OH is 1. The summed E-state index contributed by atoms with van der Waals surface area (Å²) >= 11 is 0. The quantitative estimate of drug-likeness (QED) is 0.468. The van der Waals surface area contributed by atoms with Crippen LogP contribution in [0.25, 0.3) is 0 Å². The third-order valence-corrected chi connectivity index (χ3v) is 2.22. The smallest absolute Gasteiger partial charge is 0.0558 e. The maximum absolute atomic E-state index is 8.79. The normalized spacial score (nSPS) is 16.4. The fraction of sp³-hybridized carbons (Fsp3) is 0.800. The Hall–Kier alpha value is -0.520. The molecule has 0 aromatic rings. The molecule has 0 aliphatic heterocycles. The Kier molecular flexibility index (Phi) is 4.13. The Bertz CT molecular complexity index is 158. The lowest BCUT2D eigenvalue weighted by molar-refractivity contribution is 0.188. The number of unbranched alkanes of at least 4 members (excludes halogenated alkanes) is 1. The average Bonchev–Trinajstić information content (AvgIpc) is 2.86. The van der Waals surface area contributed by atoms with Crippen LogP contribution in [0, 0.1) is 12.3 Å². The van der Waals surface area contributed by atoms with Crippen molar-refractivity contribution in [2.45, 2.75) is 31.7 Å². The zero-order valence-electron chi connectivity index (χ0n) is 7.50. The van der Waals surface area contributed by atoms with E-state index in [0.717, 1.165) is 32.0 Å². The van der Waals surface area contributed by atoms with Crippen LogP contribution in [0.2, 0.25) is 0 Å². The molecule has 1 aliphatic rings. The second-order valence-corrected chi connectivity index (χ2v) is 3.30. The van der Waals surface area contributed by atoms with Crippen molar-refractivity contribution in [3.63, 3.8) is 0 Å². The van der Waals surface area contributed by atoms with Crippen LogP contribution in [0.15, 0.2) is 0 Å². The van der Waals surface area contributed by atoms with Crippen LogP contribution < -0.4 is 0 Å². The van der Waals surface area contributed by atoms with Gasteiger partial charge < -0.3 is 5.11 Å². The van der Waals surface area contributed by atoms with Gasteiger partial charge in [0.05, 0.1) is 6.61 Å². The van der Waals surface area contributed by atoms with Gasteiger partial charge >= 0.3 is 0 Å². The molecule has 2 nitrogen and oxygen atoms in total. The highest BCUT2D eigenvalue weighted by Crippen LogP contribution is 2.26. The molecule has 12 heavy (non-hydrogen) atoms. The zero-order valence-corrected chi connectivity index (χ0v) is 7.50. The minimum absolute atomic E-state index is 0.270. The largest absolute Gasteiger partial charge is 0.395 e. The van der Waals surface area contributed by atoms with Crippen molar-refractivity contribution in [2.75, 3.05) is 19.7 Å². The number of rotatable bonds is 6. The first-order valence-electron chi connectivity index (χ1n) is 4.67. The van der Waals surface area contributed by atoms with Crippen molar-refractivity contribution in [1.82, 2.24) is 4.90 Å². The molecular weight excluding hydrogens is 150 g/mol. The van der Waals surface area contributed by atoms with E-state index in [2.05, 4.69) is 10.8 Å². The van der Waals surface area contributed by atoms with Crippen LogP contribution in [0.4, 0.5) is 0 Å². The molecule has 0 saturated heterocycles. The van der Waals surface area contributed by atoms with Gasteiger partial charge in [-0.05, 0) is 25.8 Å². The van der Waals surface area contributed by atoms with E-state index in [4.69, 9.17) is 11.5 Å². The molecule has 0 unspecified atom stereocenters. The van der Waals surface area contributed by atoms with Crippen LogP contribution in [0.3, 0.4) is 0 Å². The first-order valence-corrected chi connectivity index (χ1v) is 4.67. The van der Waals surface area contributed by atoms with Gasteiger partial charge in [-0.1, -0.05) is 0 Å². The number of terminal acetylenes is 1. The monoisotopic (exact) mass is 167 g/mol. The van der Waals surface area contributed by atoms with Gasteiger partial charge in [-0.25, -0.2) is 0 Å². The summed E-state index contributed by atoms with van der Waals surface area (Å²) in [4.78, 5) is 2.34. The van der Waals surface area contributed by atoms with E-state index in [1.54, 1.807) is 0 Å². The summed E-state index contributed by atoms with van der Waals surface area (Å²) in [5, 5.41) is 8.79. The van der Waals surface area contributed by atoms with E-state index in [0.29, 0.717) is 0 Å². The molecule has 0 spiro atoms. The molecule has 1 rings (SSSR count). The number of hydrogen-bond donors (Lipinski definition) is 1. The molecule has 0 amide bonds. The highest BCUT2D eigenvalue weighted by Gasteiger charge is 2.27. The van der Waals surface area contributed by atoms with Crippen LogP contribution >= 0.6 is 0 Å². The Morgan fingerprint density at radius 1 is 1.42 bits per heavy atom. The summed E-state index contributed by atoms with van der Waals surface area (Å²) in [7, 11) is 0. The van der Waals surface area contributed by atoms with E-state index in [1.807, 2.05) is 0 Å². The van der Waals surface area contributed by atoms with E-state index in [9.17, 15) is 0 Å². The van der Waals surface area contributed by atoms with Crippen LogP contribution in [0.5, 0.6) is 0 Å². The predicted octanol–water partition coefficient (Wildman–Crippen LogP) is 0.857. The molecule has 0 radical (unpaired) electrons. The van der Waals surface area contributed by atoms with Gasteiger partial charge in [0.25, 0.3) is 0 Å². The molecule has 0 aromatic heterocycles. The lowest BCUT2D eigenvalue weighted by Gasteiger charge is -2.19. The standard InChI is InChI=1S/C10H17NO/c1-2-3-4-7-11(8-9-12)10-5-6-10/h1,10,12H,3-9H2. The lowest BCUT2D eigenvalue weighted by Crippen LogP contribution is -2.30. The molecule has 0 aromatic carbocycles. The van der Waals surface area contributed by atoms with E-state index >= 15 is 0 Å². The number of nitrogens with zero attached hydrogens (tertiary/aromatic N) is 1. The fourth-order valence-electron chi connectivity index (χ4n) is 1.43. The van der Waals surface area contributed by atoms with E-state index in [-0.39, 0.29) is 6.61 Å². The maximum atomic E-state index is 8.79. The molecule has 68 valence electrons. The molecule has 0 bridgehead atoms. The Balaban J connectivity index is 2.10. The average molecular weight is 167 g/mol. The van der Waals surface area contributed by atoms with Crippen LogP contribution in [-0.2, 0) is 0 Å². The van der Waals surface area contributed by atoms with Crippen LogP contribution in [0.1, 0.15) is 25.7 Å². The minimum atomic E-state index is 0.270. The van der Waals surface area contributed by atoms with E-state index < -0.39 is 0 Å². The lowest BCUT2D eigenvalue weighted by atomic mass is 10.3. The molecular formula is C10H17NO. The number of aliphatic hydroxyl groups is 1. The Morgan fingerprint density at radius 2 is 2.17 bits per heavy atom. The summed E-state index contributed by atoms with van der Waals surface area (Å²) < 4.78 is 0. The molecule has 1 N–H and O–H groups in total. The second-order valence-electron chi connectivity index (χ2n) is 3.30. The highest BCUT2D eigenvalue weighted by atomic mass is 16.3. The van der Waals surface area contributed by atoms with Crippen molar-refractivity contribution in [3.8, 4) is 12.3 Å². The first kappa shape index (κ1) is 9.57. The maximum Gasteiger partial charge on any atom is 0.0558 e. The Labute approximate surface area is 74.6 Å². The molecule has 1 saturated carbocycles. The van der Waals surface area contributed by atoms with E-state index in [1.165, 1.54) is 12.8 Å². The second kappa shape index (κ2) is 5.18. The molecule has 1 fully saturated rings. The topological polar surface area (TPSA) is 23.5 Å². The van der Waals surface area contributed by atoms with Crippen molar-refractivity contribution in [2.24, 2.45) is 0 Å². The van der Waals surface area contributed by atoms with Crippen molar-refractivity contribution in [1.29, 1.82) is 0 Å². The number of hydrogen-bond acceptors (Lipinski definition) is 2.